The maximum absolute atomic E-state index is 11.2. The standard InChI is InChI=1S/C11H12N2O4S2/c1-2-7(10(14)15)6-3-4-9-8(5-6)13-11(18-9)19(12,16)17/h3-5,7H,2H2,1H3,(H,14,15)(H2,12,16,17). The van der Waals surface area contributed by atoms with E-state index in [4.69, 9.17) is 10.2 Å². The molecule has 0 aliphatic heterocycles. The van der Waals surface area contributed by atoms with Crippen molar-refractivity contribution in [1.29, 1.82) is 0 Å². The third kappa shape index (κ3) is 2.75. The van der Waals surface area contributed by atoms with Crippen LogP contribution in [0.25, 0.3) is 10.2 Å². The fourth-order valence-corrected chi connectivity index (χ4v) is 3.45. The van der Waals surface area contributed by atoms with Crippen molar-refractivity contribution in [3.05, 3.63) is 23.8 Å². The lowest BCUT2D eigenvalue weighted by Gasteiger charge is -2.09. The molecule has 2 aromatic rings. The van der Waals surface area contributed by atoms with Gasteiger partial charge in [-0.3, -0.25) is 4.79 Å². The van der Waals surface area contributed by atoms with Crippen LogP contribution in [0.5, 0.6) is 0 Å². The number of carboxylic acid groups (broad SMARTS) is 1. The van der Waals surface area contributed by atoms with Crippen LogP contribution >= 0.6 is 11.3 Å². The molecular formula is C11H12N2O4S2. The minimum Gasteiger partial charge on any atom is -0.481 e. The third-order valence-electron chi connectivity index (χ3n) is 2.74. The Bertz CT molecular complexity index is 736. The Morgan fingerprint density at radius 2 is 2.21 bits per heavy atom. The van der Waals surface area contributed by atoms with Crippen molar-refractivity contribution in [2.75, 3.05) is 0 Å². The number of carboxylic acids is 1. The lowest BCUT2D eigenvalue weighted by molar-refractivity contribution is -0.138. The van der Waals surface area contributed by atoms with Gasteiger partial charge < -0.3 is 5.11 Å². The molecule has 0 fully saturated rings. The van der Waals surface area contributed by atoms with Crippen molar-refractivity contribution in [3.63, 3.8) is 0 Å². The van der Waals surface area contributed by atoms with E-state index in [1.807, 2.05) is 0 Å². The summed E-state index contributed by atoms with van der Waals surface area (Å²) in [6, 6.07) is 4.95. The third-order valence-corrected chi connectivity index (χ3v) is 5.10. The Labute approximate surface area is 113 Å². The summed E-state index contributed by atoms with van der Waals surface area (Å²) >= 11 is 0.969. The smallest absolute Gasteiger partial charge is 0.310 e. The van der Waals surface area contributed by atoms with Crippen LogP contribution in [0.4, 0.5) is 0 Å². The Balaban J connectivity index is 2.55. The quantitative estimate of drug-likeness (QED) is 0.889. The molecule has 0 aliphatic rings. The molecule has 0 saturated heterocycles. The lowest BCUT2D eigenvalue weighted by atomic mass is 9.96. The number of nitrogens with two attached hydrogens (primary N) is 1. The number of aromatic nitrogens is 1. The van der Waals surface area contributed by atoms with Crippen molar-refractivity contribution in [1.82, 2.24) is 4.98 Å². The fourth-order valence-electron chi connectivity index (χ4n) is 1.81. The molecule has 1 aromatic heterocycles. The molecule has 1 unspecified atom stereocenters. The monoisotopic (exact) mass is 300 g/mol. The van der Waals surface area contributed by atoms with Gasteiger partial charge >= 0.3 is 5.97 Å². The highest BCUT2D eigenvalue weighted by atomic mass is 32.2. The maximum Gasteiger partial charge on any atom is 0.310 e. The van der Waals surface area contributed by atoms with Crippen molar-refractivity contribution in [2.45, 2.75) is 23.6 Å². The molecule has 0 aliphatic carbocycles. The molecule has 0 bridgehead atoms. The van der Waals surface area contributed by atoms with Gasteiger partial charge in [-0.25, -0.2) is 18.5 Å². The number of hydrogen-bond donors (Lipinski definition) is 2. The number of benzene rings is 1. The van der Waals surface area contributed by atoms with E-state index in [2.05, 4.69) is 4.98 Å². The van der Waals surface area contributed by atoms with Crippen molar-refractivity contribution in [2.24, 2.45) is 5.14 Å². The van der Waals surface area contributed by atoms with E-state index in [9.17, 15) is 13.2 Å². The van der Waals surface area contributed by atoms with Crippen LogP contribution in [0.15, 0.2) is 22.5 Å². The Morgan fingerprint density at radius 1 is 1.53 bits per heavy atom. The van der Waals surface area contributed by atoms with Crippen LogP contribution in [0.2, 0.25) is 0 Å². The summed E-state index contributed by atoms with van der Waals surface area (Å²) in [6.45, 7) is 1.78. The number of rotatable bonds is 4. The molecular weight excluding hydrogens is 288 g/mol. The minimum absolute atomic E-state index is 0.164. The Hall–Kier alpha value is -1.51. The average Bonchev–Trinajstić information content (AvgIpc) is 2.72. The van der Waals surface area contributed by atoms with E-state index < -0.39 is 21.9 Å². The molecule has 1 heterocycles. The van der Waals surface area contributed by atoms with Gasteiger partial charge in [-0.2, -0.15) is 0 Å². The molecule has 8 heteroatoms. The summed E-state index contributed by atoms with van der Waals surface area (Å²) in [6.07, 6.45) is 0.451. The molecule has 1 aromatic carbocycles. The van der Waals surface area contributed by atoms with E-state index in [1.165, 1.54) is 0 Å². The normalized spacial score (nSPS) is 13.6. The summed E-state index contributed by atoms with van der Waals surface area (Å²) in [4.78, 5) is 15.0. The highest BCUT2D eigenvalue weighted by molar-refractivity contribution is 7.91. The van der Waals surface area contributed by atoms with Crippen molar-refractivity contribution >= 4 is 37.5 Å². The van der Waals surface area contributed by atoms with Crippen LogP contribution in [-0.2, 0) is 14.8 Å². The number of hydrogen-bond acceptors (Lipinski definition) is 5. The maximum atomic E-state index is 11.2. The number of thiazole rings is 1. The first-order chi connectivity index (χ1) is 8.82. The van der Waals surface area contributed by atoms with E-state index >= 15 is 0 Å². The first-order valence-electron chi connectivity index (χ1n) is 5.49. The van der Waals surface area contributed by atoms with Crippen LogP contribution in [-0.4, -0.2) is 24.5 Å². The van der Waals surface area contributed by atoms with Crippen molar-refractivity contribution < 1.29 is 18.3 Å². The topological polar surface area (TPSA) is 110 Å². The molecule has 3 N–H and O–H groups in total. The van der Waals surface area contributed by atoms with Crippen molar-refractivity contribution in [3.8, 4) is 0 Å². The number of carbonyl (C=O) groups is 1. The van der Waals surface area contributed by atoms with Crippen LogP contribution in [0.3, 0.4) is 0 Å². The van der Waals surface area contributed by atoms with Crippen LogP contribution in [0, 0.1) is 0 Å². The first-order valence-corrected chi connectivity index (χ1v) is 7.85. The second kappa shape index (κ2) is 4.87. The van der Waals surface area contributed by atoms with Gasteiger partial charge in [0.1, 0.15) is 0 Å². The Kier molecular flexibility index (Phi) is 3.57. The molecule has 0 amide bonds. The Morgan fingerprint density at radius 3 is 2.74 bits per heavy atom. The summed E-state index contributed by atoms with van der Waals surface area (Å²) in [5.74, 6) is -1.53. The molecule has 102 valence electrons. The number of nitrogens with zero attached hydrogens (tertiary/aromatic N) is 1. The zero-order valence-electron chi connectivity index (χ0n) is 10.0. The van der Waals surface area contributed by atoms with Gasteiger partial charge in [0.05, 0.1) is 16.1 Å². The minimum atomic E-state index is -3.83. The summed E-state index contributed by atoms with van der Waals surface area (Å²) < 4.78 is 22.9. The predicted molar refractivity (Wildman–Crippen MR) is 71.7 cm³/mol. The molecule has 19 heavy (non-hydrogen) atoms. The molecule has 6 nitrogen and oxygen atoms in total. The lowest BCUT2D eigenvalue weighted by Crippen LogP contribution is -2.11. The molecule has 0 spiro atoms. The number of aliphatic carboxylic acids is 1. The predicted octanol–water partition coefficient (Wildman–Crippen LogP) is 1.52. The van der Waals surface area contributed by atoms with Gasteiger partial charge in [-0.05, 0) is 24.1 Å². The van der Waals surface area contributed by atoms with E-state index in [0.29, 0.717) is 22.2 Å². The highest BCUT2D eigenvalue weighted by Gasteiger charge is 2.20. The second-order valence-corrected chi connectivity index (χ2v) is 6.82. The van der Waals surface area contributed by atoms with E-state index in [0.717, 1.165) is 11.3 Å². The largest absolute Gasteiger partial charge is 0.481 e. The van der Waals surface area contributed by atoms with Gasteiger partial charge in [0.25, 0.3) is 10.0 Å². The molecule has 0 radical (unpaired) electrons. The zero-order chi connectivity index (χ0) is 14.2. The number of primary sulfonamides is 1. The van der Waals surface area contributed by atoms with Crippen LogP contribution < -0.4 is 5.14 Å². The van der Waals surface area contributed by atoms with Crippen LogP contribution in [0.1, 0.15) is 24.8 Å². The number of fused-ring (bicyclic) bond motifs is 1. The number of sulfonamides is 1. The SMILES string of the molecule is CCC(C(=O)O)c1ccc2sc(S(N)(=O)=O)nc2c1. The fraction of sp³-hybridized carbons (Fsp3) is 0.273. The van der Waals surface area contributed by atoms with Gasteiger partial charge in [-0.1, -0.05) is 13.0 Å². The second-order valence-electron chi connectivity index (χ2n) is 4.05. The highest BCUT2D eigenvalue weighted by Crippen LogP contribution is 2.29. The average molecular weight is 300 g/mol. The van der Waals surface area contributed by atoms with Gasteiger partial charge in [0.15, 0.2) is 0 Å². The molecule has 2 rings (SSSR count). The summed E-state index contributed by atoms with van der Waals surface area (Å²) in [7, 11) is -3.83. The van der Waals surface area contributed by atoms with E-state index in [-0.39, 0.29) is 4.34 Å². The summed E-state index contributed by atoms with van der Waals surface area (Å²) in [5.41, 5.74) is 1.06. The van der Waals surface area contributed by atoms with Gasteiger partial charge in [-0.15, -0.1) is 11.3 Å². The summed E-state index contributed by atoms with van der Waals surface area (Å²) in [5, 5.41) is 14.1. The molecule has 1 atom stereocenters. The first kappa shape index (κ1) is 13.9. The van der Waals surface area contributed by atoms with E-state index in [1.54, 1.807) is 25.1 Å². The van der Waals surface area contributed by atoms with Gasteiger partial charge in [0.2, 0.25) is 4.34 Å². The molecule has 0 saturated carbocycles. The van der Waals surface area contributed by atoms with Gasteiger partial charge in [0, 0.05) is 0 Å². The zero-order valence-corrected chi connectivity index (χ0v) is 11.7.